The number of hydrogen-bond donors (Lipinski definition) is 2. The van der Waals surface area contributed by atoms with Gasteiger partial charge in [-0.2, -0.15) is 0 Å². The molecule has 0 aliphatic carbocycles. The Labute approximate surface area is 146 Å². The third-order valence-electron chi connectivity index (χ3n) is 4.74. The van der Waals surface area contributed by atoms with Crippen LogP contribution in [0.15, 0.2) is 0 Å². The van der Waals surface area contributed by atoms with Crippen LogP contribution >= 0.6 is 0 Å². The lowest BCUT2D eigenvalue weighted by Crippen LogP contribution is -2.37. The second-order valence-electron chi connectivity index (χ2n) is 7.85. The van der Waals surface area contributed by atoms with Crippen LogP contribution in [0.1, 0.15) is 60.3 Å². The fourth-order valence-corrected chi connectivity index (χ4v) is 3.53. The minimum absolute atomic E-state index is 0.373. The van der Waals surface area contributed by atoms with E-state index in [0.29, 0.717) is 5.41 Å². The van der Waals surface area contributed by atoms with Crippen LogP contribution in [0.3, 0.4) is 0 Å². The van der Waals surface area contributed by atoms with Crippen LogP contribution in [-0.4, -0.2) is 62.2 Å². The molecule has 0 fully saturated rings. The van der Waals surface area contributed by atoms with E-state index in [1.165, 1.54) is 25.9 Å². The highest BCUT2D eigenvalue weighted by molar-refractivity contribution is 4.77. The Hall–Kier alpha value is -0.160. The molecule has 23 heavy (non-hydrogen) atoms. The molecule has 0 bridgehead atoms. The summed E-state index contributed by atoms with van der Waals surface area (Å²) in [6.45, 7) is 20.3. The van der Waals surface area contributed by atoms with E-state index < -0.39 is 0 Å². The van der Waals surface area contributed by atoms with Gasteiger partial charge in [-0.05, 0) is 82.8 Å². The standard InChI is InChI=1S/C19H44N4/c1-6-22(13-8-11-20)15-10-18(3)16-19(4,5)17-23(7-2)14-9-12-21/h18H,6-17,20-21H2,1-5H3. The average molecular weight is 329 g/mol. The van der Waals surface area contributed by atoms with Gasteiger partial charge < -0.3 is 21.3 Å². The third-order valence-corrected chi connectivity index (χ3v) is 4.74. The zero-order chi connectivity index (χ0) is 17.7. The van der Waals surface area contributed by atoms with Gasteiger partial charge in [0.25, 0.3) is 0 Å². The monoisotopic (exact) mass is 328 g/mol. The van der Waals surface area contributed by atoms with Gasteiger partial charge in [0.2, 0.25) is 0 Å². The van der Waals surface area contributed by atoms with E-state index >= 15 is 0 Å². The summed E-state index contributed by atoms with van der Waals surface area (Å²) in [6, 6.07) is 0. The van der Waals surface area contributed by atoms with E-state index in [4.69, 9.17) is 11.5 Å². The predicted molar refractivity (Wildman–Crippen MR) is 104 cm³/mol. The van der Waals surface area contributed by atoms with Crippen LogP contribution in [0, 0.1) is 11.3 Å². The molecule has 0 spiro atoms. The van der Waals surface area contributed by atoms with Crippen molar-refractivity contribution in [3.05, 3.63) is 0 Å². The number of nitrogens with two attached hydrogens (primary N) is 2. The Morgan fingerprint density at radius 3 is 1.87 bits per heavy atom. The molecule has 0 rings (SSSR count). The zero-order valence-electron chi connectivity index (χ0n) is 16.6. The number of rotatable bonds is 15. The average Bonchev–Trinajstić information content (AvgIpc) is 2.51. The first-order valence-corrected chi connectivity index (χ1v) is 9.73. The Balaban J connectivity index is 4.20. The second-order valence-corrected chi connectivity index (χ2v) is 7.85. The first kappa shape index (κ1) is 22.8. The molecule has 0 saturated carbocycles. The summed E-state index contributed by atoms with van der Waals surface area (Å²) in [5.41, 5.74) is 11.7. The topological polar surface area (TPSA) is 58.5 Å². The fraction of sp³-hybridized carbons (Fsp3) is 1.00. The van der Waals surface area contributed by atoms with Crippen molar-refractivity contribution in [1.82, 2.24) is 9.80 Å². The van der Waals surface area contributed by atoms with Gasteiger partial charge in [-0.15, -0.1) is 0 Å². The molecule has 0 heterocycles. The Bertz CT molecular complexity index is 268. The highest BCUT2D eigenvalue weighted by atomic mass is 15.1. The molecule has 4 nitrogen and oxygen atoms in total. The maximum atomic E-state index is 5.65. The van der Waals surface area contributed by atoms with E-state index in [-0.39, 0.29) is 0 Å². The molecule has 0 aromatic carbocycles. The van der Waals surface area contributed by atoms with Crippen LogP contribution in [0.2, 0.25) is 0 Å². The van der Waals surface area contributed by atoms with E-state index in [9.17, 15) is 0 Å². The fourth-order valence-electron chi connectivity index (χ4n) is 3.53. The molecule has 1 unspecified atom stereocenters. The van der Waals surface area contributed by atoms with Gasteiger partial charge in [-0.25, -0.2) is 0 Å². The van der Waals surface area contributed by atoms with Crippen LogP contribution < -0.4 is 11.5 Å². The van der Waals surface area contributed by atoms with Gasteiger partial charge in [0.15, 0.2) is 0 Å². The van der Waals surface area contributed by atoms with Gasteiger partial charge in [0.05, 0.1) is 0 Å². The highest BCUT2D eigenvalue weighted by Crippen LogP contribution is 2.28. The summed E-state index contributed by atoms with van der Waals surface area (Å²) in [6.07, 6.45) is 4.80. The van der Waals surface area contributed by atoms with Crippen molar-refractivity contribution in [2.45, 2.75) is 60.3 Å². The van der Waals surface area contributed by atoms with Gasteiger partial charge in [0.1, 0.15) is 0 Å². The predicted octanol–water partition coefficient (Wildman–Crippen LogP) is 2.77. The van der Waals surface area contributed by atoms with Crippen molar-refractivity contribution in [3.8, 4) is 0 Å². The van der Waals surface area contributed by atoms with Crippen LogP contribution in [0.25, 0.3) is 0 Å². The highest BCUT2D eigenvalue weighted by Gasteiger charge is 2.23. The van der Waals surface area contributed by atoms with Crippen molar-refractivity contribution in [3.63, 3.8) is 0 Å². The maximum absolute atomic E-state index is 5.65. The molecule has 0 aliphatic heterocycles. The molecule has 0 aromatic heterocycles. The van der Waals surface area contributed by atoms with Crippen LogP contribution in [-0.2, 0) is 0 Å². The summed E-state index contributed by atoms with van der Waals surface area (Å²) < 4.78 is 0. The number of nitrogens with zero attached hydrogens (tertiary/aromatic N) is 2. The molecule has 140 valence electrons. The number of hydrogen-bond acceptors (Lipinski definition) is 4. The lowest BCUT2D eigenvalue weighted by molar-refractivity contribution is 0.149. The SMILES string of the molecule is CCN(CCCN)CCC(C)CC(C)(C)CN(CC)CCCN. The minimum atomic E-state index is 0.373. The second kappa shape index (κ2) is 13.2. The Kier molecular flexibility index (Phi) is 13.1. The minimum Gasteiger partial charge on any atom is -0.330 e. The van der Waals surface area contributed by atoms with Crippen LogP contribution in [0.4, 0.5) is 0 Å². The van der Waals surface area contributed by atoms with Crippen molar-refractivity contribution in [2.75, 3.05) is 52.4 Å². The van der Waals surface area contributed by atoms with Crippen molar-refractivity contribution >= 4 is 0 Å². The molecular weight excluding hydrogens is 284 g/mol. The largest absolute Gasteiger partial charge is 0.330 e. The third kappa shape index (κ3) is 11.9. The van der Waals surface area contributed by atoms with Crippen molar-refractivity contribution < 1.29 is 0 Å². The summed E-state index contributed by atoms with van der Waals surface area (Å²) >= 11 is 0. The van der Waals surface area contributed by atoms with E-state index in [0.717, 1.165) is 58.0 Å². The zero-order valence-corrected chi connectivity index (χ0v) is 16.6. The molecule has 1 atom stereocenters. The summed E-state index contributed by atoms with van der Waals surface area (Å²) in [7, 11) is 0. The molecule has 0 aromatic rings. The van der Waals surface area contributed by atoms with E-state index in [1.54, 1.807) is 0 Å². The smallest absolute Gasteiger partial charge is 0.00327 e. The van der Waals surface area contributed by atoms with E-state index in [1.807, 2.05) is 0 Å². The van der Waals surface area contributed by atoms with Crippen molar-refractivity contribution in [2.24, 2.45) is 22.8 Å². The Morgan fingerprint density at radius 2 is 1.39 bits per heavy atom. The molecule has 4 N–H and O–H groups in total. The molecule has 0 saturated heterocycles. The molecular formula is C19H44N4. The summed E-state index contributed by atoms with van der Waals surface area (Å²) in [5, 5.41) is 0. The first-order valence-electron chi connectivity index (χ1n) is 9.73. The van der Waals surface area contributed by atoms with Gasteiger partial charge >= 0.3 is 0 Å². The van der Waals surface area contributed by atoms with Crippen LogP contribution in [0.5, 0.6) is 0 Å². The normalized spacial score (nSPS) is 14.0. The molecule has 0 aliphatic rings. The summed E-state index contributed by atoms with van der Waals surface area (Å²) in [4.78, 5) is 5.09. The lowest BCUT2D eigenvalue weighted by Gasteiger charge is -2.34. The maximum Gasteiger partial charge on any atom is 0.00327 e. The van der Waals surface area contributed by atoms with Gasteiger partial charge in [0, 0.05) is 6.54 Å². The lowest BCUT2D eigenvalue weighted by atomic mass is 9.81. The van der Waals surface area contributed by atoms with E-state index in [2.05, 4.69) is 44.4 Å². The molecule has 0 radical (unpaired) electrons. The molecule has 0 amide bonds. The molecule has 4 heteroatoms. The summed E-state index contributed by atoms with van der Waals surface area (Å²) in [5.74, 6) is 0.769. The Morgan fingerprint density at radius 1 is 0.870 bits per heavy atom. The first-order chi connectivity index (χ1) is 10.9. The van der Waals surface area contributed by atoms with Gasteiger partial charge in [-0.3, -0.25) is 0 Å². The quantitative estimate of drug-likeness (QED) is 0.485. The van der Waals surface area contributed by atoms with Crippen molar-refractivity contribution in [1.29, 1.82) is 0 Å². The van der Waals surface area contributed by atoms with Gasteiger partial charge in [-0.1, -0.05) is 34.6 Å².